The maximum absolute atomic E-state index is 4.78. The molecule has 0 aliphatic heterocycles. The second-order valence-corrected chi connectivity index (χ2v) is 11.9. The highest BCUT2D eigenvalue weighted by atomic mass is 14.4. The summed E-state index contributed by atoms with van der Waals surface area (Å²) in [6.07, 6.45) is 12.8. The van der Waals surface area contributed by atoms with E-state index in [1.807, 2.05) is 0 Å². The summed E-state index contributed by atoms with van der Waals surface area (Å²) < 4.78 is 0. The van der Waals surface area contributed by atoms with Crippen LogP contribution in [0, 0.1) is 12.8 Å². The van der Waals surface area contributed by atoms with Gasteiger partial charge in [0.15, 0.2) is 0 Å². The van der Waals surface area contributed by atoms with Crippen molar-refractivity contribution in [2.45, 2.75) is 51.9 Å². The highest BCUT2D eigenvalue weighted by Gasteiger charge is 2.41. The fraction of sp³-hybridized carbons (Fsp3) is 0.220. The number of rotatable bonds is 7. The van der Waals surface area contributed by atoms with Gasteiger partial charge in [0.1, 0.15) is 0 Å². The average Bonchev–Trinajstić information content (AvgIpc) is 3.54. The van der Waals surface area contributed by atoms with Gasteiger partial charge in [-0.25, -0.2) is 0 Å². The zero-order valence-electron chi connectivity index (χ0n) is 24.7. The summed E-state index contributed by atoms with van der Waals surface area (Å²) in [7, 11) is 0. The molecule has 0 N–H and O–H groups in total. The molecule has 1 saturated carbocycles. The smallest absolute Gasteiger partial charge is 0.0216 e. The van der Waals surface area contributed by atoms with E-state index in [2.05, 4.69) is 137 Å². The van der Waals surface area contributed by atoms with Crippen LogP contribution in [0.5, 0.6) is 0 Å². The molecule has 3 aliphatic carbocycles. The number of hydrogen-bond donors (Lipinski definition) is 0. The molecule has 1 fully saturated rings. The van der Waals surface area contributed by atoms with Crippen LogP contribution >= 0.6 is 0 Å². The Morgan fingerprint density at radius 2 is 1.49 bits per heavy atom. The molecule has 3 atom stereocenters. The van der Waals surface area contributed by atoms with Crippen LogP contribution in [0.25, 0.3) is 5.57 Å². The summed E-state index contributed by atoms with van der Waals surface area (Å²) in [5, 5.41) is 0. The molecule has 0 radical (unpaired) electrons. The van der Waals surface area contributed by atoms with Crippen molar-refractivity contribution < 1.29 is 0 Å². The molecule has 3 unspecified atom stereocenters. The van der Waals surface area contributed by atoms with E-state index in [1.54, 1.807) is 0 Å². The van der Waals surface area contributed by atoms with Crippen LogP contribution in [-0.2, 0) is 0 Å². The molecule has 0 aromatic heterocycles. The summed E-state index contributed by atoms with van der Waals surface area (Å²) in [6.45, 7) is 16.0. The van der Waals surface area contributed by atoms with Crippen LogP contribution < -0.4 is 0 Å². The summed E-state index contributed by atoms with van der Waals surface area (Å²) >= 11 is 0. The molecule has 0 nitrogen and oxygen atoms in total. The van der Waals surface area contributed by atoms with Crippen molar-refractivity contribution in [2.75, 3.05) is 0 Å². The third-order valence-corrected chi connectivity index (χ3v) is 9.04. The molecule has 3 aromatic rings. The van der Waals surface area contributed by atoms with Crippen molar-refractivity contribution in [1.82, 2.24) is 0 Å². The molecule has 0 bridgehead atoms. The molecule has 0 spiro atoms. The van der Waals surface area contributed by atoms with Crippen LogP contribution in [0.2, 0.25) is 0 Å². The molecule has 204 valence electrons. The monoisotopic (exact) mass is 532 g/mol. The summed E-state index contributed by atoms with van der Waals surface area (Å²) in [4.78, 5) is 0. The zero-order chi connectivity index (χ0) is 28.5. The lowest BCUT2D eigenvalue weighted by Gasteiger charge is -2.34. The van der Waals surface area contributed by atoms with Crippen molar-refractivity contribution in [2.24, 2.45) is 5.92 Å². The largest absolute Gasteiger partial charge is 0.0955 e. The lowest BCUT2D eigenvalue weighted by molar-refractivity contribution is 0.619. The Kier molecular flexibility index (Phi) is 7.50. The van der Waals surface area contributed by atoms with E-state index in [0.29, 0.717) is 0 Å². The molecule has 3 aromatic carbocycles. The van der Waals surface area contributed by atoms with Crippen LogP contribution in [0.3, 0.4) is 0 Å². The number of aryl methyl sites for hydroxylation is 1. The lowest BCUT2D eigenvalue weighted by Crippen LogP contribution is -2.21. The quantitative estimate of drug-likeness (QED) is 0.284. The average molecular weight is 533 g/mol. The Morgan fingerprint density at radius 3 is 2.15 bits per heavy atom. The van der Waals surface area contributed by atoms with Gasteiger partial charge in [-0.15, -0.1) is 0 Å². The van der Waals surface area contributed by atoms with Gasteiger partial charge in [-0.05, 0) is 76.8 Å². The minimum absolute atomic E-state index is 0.260. The number of hydrogen-bond acceptors (Lipinski definition) is 0. The second-order valence-electron chi connectivity index (χ2n) is 11.9. The number of allylic oxidation sites excluding steroid dienone is 12. The zero-order valence-corrected chi connectivity index (χ0v) is 24.7. The van der Waals surface area contributed by atoms with Crippen molar-refractivity contribution in [1.29, 1.82) is 0 Å². The van der Waals surface area contributed by atoms with E-state index in [9.17, 15) is 0 Å². The Labute approximate surface area is 246 Å². The number of benzene rings is 3. The molecule has 0 heteroatoms. The van der Waals surface area contributed by atoms with Crippen LogP contribution in [0.15, 0.2) is 161 Å². The van der Waals surface area contributed by atoms with E-state index in [4.69, 9.17) is 6.58 Å². The third kappa shape index (κ3) is 5.20. The van der Waals surface area contributed by atoms with Gasteiger partial charge in [0.2, 0.25) is 0 Å². The molecule has 0 amide bonds. The molecule has 41 heavy (non-hydrogen) atoms. The Bertz CT molecular complexity index is 1630. The van der Waals surface area contributed by atoms with Crippen molar-refractivity contribution >= 4 is 5.57 Å². The van der Waals surface area contributed by atoms with Gasteiger partial charge in [0.25, 0.3) is 0 Å². The van der Waals surface area contributed by atoms with Crippen molar-refractivity contribution in [3.63, 3.8) is 0 Å². The van der Waals surface area contributed by atoms with Gasteiger partial charge < -0.3 is 0 Å². The SMILES string of the molecule is C=C(CCC)C1=C(C)C=C2C/C(=C\C3=CC(c4ccccc4)C=C3c3ccc(C)cc3)C(=C)C2C1c1ccccc1. The van der Waals surface area contributed by atoms with Crippen LogP contribution in [0.4, 0.5) is 0 Å². The second kappa shape index (κ2) is 11.4. The van der Waals surface area contributed by atoms with Gasteiger partial charge in [0, 0.05) is 17.8 Å². The standard InChI is InChI=1S/C41H40/c1-6-13-28(3)39-29(4)22-37-24-34(30(5)40(37)41(39)33-16-11-8-12-17-33)23-36-25-35(31-14-9-7-10-15-31)26-38(36)32-20-18-27(2)19-21-32/h7-12,14-23,25-26,35,40-41H,3,5-6,13,24H2,1-2,4H3/b34-23+. The Balaban J connectivity index is 1.41. The molecular weight excluding hydrogens is 492 g/mol. The van der Waals surface area contributed by atoms with E-state index in [0.717, 1.165) is 19.3 Å². The summed E-state index contributed by atoms with van der Waals surface area (Å²) in [6, 6.07) is 30.8. The first-order valence-electron chi connectivity index (χ1n) is 15.0. The molecule has 3 aliphatic rings. The van der Waals surface area contributed by atoms with Crippen molar-refractivity contribution in [3.05, 3.63) is 184 Å². The highest BCUT2D eigenvalue weighted by Crippen LogP contribution is 2.55. The highest BCUT2D eigenvalue weighted by molar-refractivity contribution is 5.86. The van der Waals surface area contributed by atoms with Crippen molar-refractivity contribution in [3.8, 4) is 0 Å². The molecular formula is C41H40. The minimum atomic E-state index is 0.260. The van der Waals surface area contributed by atoms with Gasteiger partial charge in [-0.2, -0.15) is 0 Å². The first-order valence-corrected chi connectivity index (χ1v) is 15.0. The summed E-state index contributed by atoms with van der Waals surface area (Å²) in [5.41, 5.74) is 16.0. The first kappa shape index (κ1) is 27.0. The van der Waals surface area contributed by atoms with Gasteiger partial charge in [-0.3, -0.25) is 0 Å². The summed E-state index contributed by atoms with van der Waals surface area (Å²) in [5.74, 6) is 0.797. The predicted octanol–water partition coefficient (Wildman–Crippen LogP) is 11.0. The van der Waals surface area contributed by atoms with Gasteiger partial charge in [0.05, 0.1) is 0 Å². The van der Waals surface area contributed by atoms with E-state index >= 15 is 0 Å². The number of fused-ring (bicyclic) bond motifs is 1. The fourth-order valence-corrected chi connectivity index (χ4v) is 7.07. The van der Waals surface area contributed by atoms with Gasteiger partial charge >= 0.3 is 0 Å². The van der Waals surface area contributed by atoms with E-state index in [-0.39, 0.29) is 17.8 Å². The third-order valence-electron chi connectivity index (χ3n) is 9.04. The molecule has 6 rings (SSSR count). The lowest BCUT2D eigenvalue weighted by atomic mass is 9.69. The van der Waals surface area contributed by atoms with Gasteiger partial charge in [-0.1, -0.05) is 152 Å². The van der Waals surface area contributed by atoms with Crippen LogP contribution in [-0.4, -0.2) is 0 Å². The molecule has 0 saturated heterocycles. The Morgan fingerprint density at radius 1 is 0.829 bits per heavy atom. The normalized spacial score (nSPS) is 22.9. The fourth-order valence-electron chi connectivity index (χ4n) is 7.07. The molecule has 0 heterocycles. The topological polar surface area (TPSA) is 0 Å². The predicted molar refractivity (Wildman–Crippen MR) is 176 cm³/mol. The minimum Gasteiger partial charge on any atom is -0.0955 e. The van der Waals surface area contributed by atoms with Crippen LogP contribution in [0.1, 0.15) is 67.2 Å². The Hall–Kier alpha value is -4.16. The van der Waals surface area contributed by atoms with E-state index < -0.39 is 0 Å². The maximum atomic E-state index is 4.78. The van der Waals surface area contributed by atoms with E-state index in [1.165, 1.54) is 66.8 Å². The maximum Gasteiger partial charge on any atom is 0.0216 e. The first-order chi connectivity index (χ1) is 19.9.